The molecule has 3 heteroatoms. The van der Waals surface area contributed by atoms with Gasteiger partial charge in [0.1, 0.15) is 0 Å². The van der Waals surface area contributed by atoms with Gasteiger partial charge >= 0.3 is 0 Å². The summed E-state index contributed by atoms with van der Waals surface area (Å²) in [6, 6.07) is 8.89. The number of anilines is 1. The highest BCUT2D eigenvalue weighted by Crippen LogP contribution is 2.31. The van der Waals surface area contributed by atoms with Crippen LogP contribution < -0.4 is 4.90 Å². The molecule has 1 atom stereocenters. The van der Waals surface area contributed by atoms with E-state index in [-0.39, 0.29) is 6.04 Å². The highest BCUT2D eigenvalue weighted by Gasteiger charge is 2.27. The lowest BCUT2D eigenvalue weighted by atomic mass is 9.93. The van der Waals surface area contributed by atoms with Crippen molar-refractivity contribution in [3.63, 3.8) is 0 Å². The van der Waals surface area contributed by atoms with Crippen LogP contribution in [0.15, 0.2) is 41.6 Å². The molecule has 1 aliphatic carbocycles. The van der Waals surface area contributed by atoms with Gasteiger partial charge in [0.15, 0.2) is 0 Å². The lowest BCUT2D eigenvalue weighted by Crippen LogP contribution is -2.44. The first-order valence-corrected chi connectivity index (χ1v) is 7.60. The molecular weight excluding hydrogens is 248 g/mol. The van der Waals surface area contributed by atoms with Crippen LogP contribution in [0.4, 0.5) is 5.69 Å². The number of nitrogens with zero attached hydrogens (tertiary/aromatic N) is 2. The van der Waals surface area contributed by atoms with E-state index in [1.807, 2.05) is 0 Å². The fourth-order valence-corrected chi connectivity index (χ4v) is 3.39. The molecule has 0 aromatic heterocycles. The largest absolute Gasteiger partial charge is 0.411 e. The highest BCUT2D eigenvalue weighted by molar-refractivity contribution is 5.92. The minimum atomic E-state index is 0.242. The summed E-state index contributed by atoms with van der Waals surface area (Å²) >= 11 is 0. The summed E-state index contributed by atoms with van der Waals surface area (Å²) in [7, 11) is 0. The average molecular weight is 270 g/mol. The van der Waals surface area contributed by atoms with Crippen LogP contribution >= 0.6 is 0 Å². The van der Waals surface area contributed by atoms with Crippen LogP contribution in [0.2, 0.25) is 0 Å². The van der Waals surface area contributed by atoms with Gasteiger partial charge in [-0.05, 0) is 50.2 Å². The third-order valence-corrected chi connectivity index (χ3v) is 4.38. The smallest absolute Gasteiger partial charge is 0.0798 e. The van der Waals surface area contributed by atoms with Crippen molar-refractivity contribution in [1.82, 2.24) is 0 Å². The maximum Gasteiger partial charge on any atom is 0.0798 e. The van der Waals surface area contributed by atoms with Gasteiger partial charge in [0.25, 0.3) is 0 Å². The maximum atomic E-state index is 9.39. The van der Waals surface area contributed by atoms with Gasteiger partial charge in [-0.15, -0.1) is 0 Å². The zero-order chi connectivity index (χ0) is 13.8. The topological polar surface area (TPSA) is 35.8 Å². The molecule has 0 radical (unpaired) electrons. The molecular formula is C17H22N2O. The fourth-order valence-electron chi connectivity index (χ4n) is 3.39. The van der Waals surface area contributed by atoms with Crippen molar-refractivity contribution in [2.75, 3.05) is 11.4 Å². The van der Waals surface area contributed by atoms with Crippen LogP contribution in [-0.4, -0.2) is 23.5 Å². The lowest BCUT2D eigenvalue weighted by Gasteiger charge is -2.38. The molecule has 1 aliphatic heterocycles. The van der Waals surface area contributed by atoms with Crippen LogP contribution in [-0.2, 0) is 6.42 Å². The summed E-state index contributed by atoms with van der Waals surface area (Å²) in [6.07, 6.45) is 10.7. The van der Waals surface area contributed by atoms with E-state index in [0.29, 0.717) is 0 Å². The van der Waals surface area contributed by atoms with Gasteiger partial charge in [0.2, 0.25) is 0 Å². The Balaban J connectivity index is 1.92. The molecule has 2 aliphatic rings. The Morgan fingerprint density at radius 1 is 1.10 bits per heavy atom. The van der Waals surface area contributed by atoms with E-state index in [9.17, 15) is 5.21 Å². The number of fused-ring (bicyclic) bond motifs is 1. The van der Waals surface area contributed by atoms with Crippen LogP contribution in [0.1, 0.15) is 37.7 Å². The minimum absolute atomic E-state index is 0.242. The Morgan fingerprint density at radius 3 is 2.85 bits per heavy atom. The summed E-state index contributed by atoms with van der Waals surface area (Å²) in [4.78, 5) is 2.45. The predicted octanol–water partition coefficient (Wildman–Crippen LogP) is 3.77. The number of allylic oxidation sites excluding steroid dienone is 2. The molecule has 1 heterocycles. The highest BCUT2D eigenvalue weighted by atomic mass is 16.4. The first-order valence-electron chi connectivity index (χ1n) is 7.60. The van der Waals surface area contributed by atoms with Crippen molar-refractivity contribution >= 4 is 11.4 Å². The first-order chi connectivity index (χ1) is 9.90. The second-order valence-electron chi connectivity index (χ2n) is 5.62. The van der Waals surface area contributed by atoms with E-state index in [0.717, 1.165) is 44.4 Å². The molecule has 0 spiro atoms. The van der Waals surface area contributed by atoms with Gasteiger partial charge in [-0.2, -0.15) is 0 Å². The molecule has 20 heavy (non-hydrogen) atoms. The van der Waals surface area contributed by atoms with Gasteiger partial charge < -0.3 is 10.1 Å². The molecule has 0 amide bonds. The Bertz CT molecular complexity index is 521. The summed E-state index contributed by atoms with van der Waals surface area (Å²) < 4.78 is 0. The van der Waals surface area contributed by atoms with E-state index < -0.39 is 0 Å². The standard InChI is InChI=1S/C17H22N2O/c20-18-15-10-3-1-2-4-12-17(15)19-13-7-9-14-8-5-6-11-16(14)19/h1-2,5-6,8,11,17,20H,3-4,7,9-10,12-13H2/b2-1?,18-15-/t17-/m0/s1. The Morgan fingerprint density at radius 2 is 1.95 bits per heavy atom. The fraction of sp³-hybridized carbons (Fsp3) is 0.471. The third kappa shape index (κ3) is 2.58. The quantitative estimate of drug-likeness (QED) is 0.479. The van der Waals surface area contributed by atoms with E-state index in [1.165, 1.54) is 17.7 Å². The zero-order valence-electron chi connectivity index (χ0n) is 11.8. The molecule has 0 fully saturated rings. The number of aryl methyl sites for hydroxylation is 1. The van der Waals surface area contributed by atoms with Gasteiger partial charge in [-0.3, -0.25) is 0 Å². The third-order valence-electron chi connectivity index (χ3n) is 4.38. The van der Waals surface area contributed by atoms with E-state index >= 15 is 0 Å². The second-order valence-corrected chi connectivity index (χ2v) is 5.62. The summed E-state index contributed by atoms with van der Waals surface area (Å²) in [5.41, 5.74) is 3.69. The molecule has 0 bridgehead atoms. The Kier molecular flexibility index (Phi) is 4.05. The maximum absolute atomic E-state index is 9.39. The molecule has 106 valence electrons. The predicted molar refractivity (Wildman–Crippen MR) is 82.7 cm³/mol. The molecule has 3 nitrogen and oxygen atoms in total. The average Bonchev–Trinajstić information content (AvgIpc) is 2.47. The zero-order valence-corrected chi connectivity index (χ0v) is 11.8. The molecule has 0 unspecified atom stereocenters. The number of rotatable bonds is 1. The number of hydrogen-bond acceptors (Lipinski definition) is 3. The molecule has 0 saturated carbocycles. The molecule has 1 N–H and O–H groups in total. The Labute approximate surface area is 120 Å². The molecule has 1 aromatic rings. The normalized spacial score (nSPS) is 25.1. The minimum Gasteiger partial charge on any atom is -0.411 e. The van der Waals surface area contributed by atoms with Gasteiger partial charge in [-0.1, -0.05) is 35.5 Å². The monoisotopic (exact) mass is 270 g/mol. The summed E-state index contributed by atoms with van der Waals surface area (Å²) in [6.45, 7) is 1.06. The van der Waals surface area contributed by atoms with E-state index in [1.54, 1.807) is 0 Å². The molecule has 0 saturated heterocycles. The van der Waals surface area contributed by atoms with Gasteiger partial charge in [-0.25, -0.2) is 0 Å². The van der Waals surface area contributed by atoms with Crippen molar-refractivity contribution in [3.05, 3.63) is 42.0 Å². The Hall–Kier alpha value is -1.77. The molecule has 3 rings (SSSR count). The number of oxime groups is 1. The number of para-hydroxylation sites is 1. The van der Waals surface area contributed by atoms with E-state index in [4.69, 9.17) is 0 Å². The second kappa shape index (κ2) is 6.12. The van der Waals surface area contributed by atoms with Crippen LogP contribution in [0.25, 0.3) is 0 Å². The van der Waals surface area contributed by atoms with Crippen LogP contribution in [0.5, 0.6) is 0 Å². The SMILES string of the molecule is O/N=C1/CCC=CCC[C@@H]1N1CCCc2ccccc21. The van der Waals surface area contributed by atoms with E-state index in [2.05, 4.69) is 46.5 Å². The van der Waals surface area contributed by atoms with Crippen molar-refractivity contribution in [2.24, 2.45) is 5.16 Å². The van der Waals surface area contributed by atoms with Crippen molar-refractivity contribution in [1.29, 1.82) is 0 Å². The van der Waals surface area contributed by atoms with Crippen molar-refractivity contribution < 1.29 is 5.21 Å². The van der Waals surface area contributed by atoms with Crippen molar-refractivity contribution in [3.8, 4) is 0 Å². The first kappa shape index (κ1) is 13.2. The van der Waals surface area contributed by atoms with Crippen molar-refractivity contribution in [2.45, 2.75) is 44.6 Å². The van der Waals surface area contributed by atoms with Gasteiger partial charge in [0.05, 0.1) is 11.8 Å². The lowest BCUT2D eigenvalue weighted by molar-refractivity contribution is 0.314. The van der Waals surface area contributed by atoms with Crippen LogP contribution in [0, 0.1) is 0 Å². The summed E-state index contributed by atoms with van der Waals surface area (Å²) in [5, 5.41) is 13.0. The number of hydrogen-bond donors (Lipinski definition) is 1. The summed E-state index contributed by atoms with van der Waals surface area (Å²) in [5.74, 6) is 0. The number of benzene rings is 1. The van der Waals surface area contributed by atoms with Gasteiger partial charge in [0, 0.05) is 12.2 Å². The molecule has 1 aromatic carbocycles. The van der Waals surface area contributed by atoms with Crippen LogP contribution in [0.3, 0.4) is 0 Å².